The number of hydrogen-bond acceptors (Lipinski definition) is 4. The second kappa shape index (κ2) is 6.36. The summed E-state index contributed by atoms with van der Waals surface area (Å²) >= 11 is 5.98. The van der Waals surface area contributed by atoms with E-state index in [9.17, 15) is 4.79 Å². The van der Waals surface area contributed by atoms with Gasteiger partial charge in [-0.3, -0.25) is 4.79 Å². The van der Waals surface area contributed by atoms with Crippen molar-refractivity contribution in [2.45, 2.75) is 32.4 Å². The fourth-order valence-electron chi connectivity index (χ4n) is 2.55. The molecule has 7 heteroatoms. The Morgan fingerprint density at radius 1 is 1.45 bits per heavy atom. The molecule has 6 nitrogen and oxygen atoms in total. The Labute approximate surface area is 133 Å². The lowest BCUT2D eigenvalue weighted by Crippen LogP contribution is -2.32. The summed E-state index contributed by atoms with van der Waals surface area (Å²) in [4.78, 5) is 12.0. The zero-order chi connectivity index (χ0) is 15.5. The number of carbonyl (C=O) groups is 1. The van der Waals surface area contributed by atoms with Gasteiger partial charge < -0.3 is 14.6 Å². The molecule has 0 spiro atoms. The van der Waals surface area contributed by atoms with Crippen LogP contribution in [0.5, 0.6) is 5.75 Å². The van der Waals surface area contributed by atoms with Crippen molar-refractivity contribution in [3.63, 3.8) is 0 Å². The number of halogens is 1. The van der Waals surface area contributed by atoms with Gasteiger partial charge in [-0.25, -0.2) is 0 Å². The topological polar surface area (TPSA) is 69.0 Å². The van der Waals surface area contributed by atoms with Crippen molar-refractivity contribution < 1.29 is 9.53 Å². The standard InChI is InChI=1S/C15H17ClN4O2/c1-10(15-19-18-13-7-4-8-20(13)15)17-14(21)9-22-12-6-3-2-5-11(12)16/h2-3,5-6,10H,4,7-9H2,1H3,(H,17,21)/t10-/m0/s1. The van der Waals surface area contributed by atoms with Gasteiger partial charge in [0, 0.05) is 13.0 Å². The van der Waals surface area contributed by atoms with Crippen LogP contribution in [-0.2, 0) is 17.8 Å². The predicted octanol–water partition coefficient (Wildman–Crippen LogP) is 2.13. The molecule has 1 aromatic carbocycles. The first kappa shape index (κ1) is 14.8. The summed E-state index contributed by atoms with van der Waals surface area (Å²) in [5.41, 5.74) is 0. The van der Waals surface area contributed by atoms with E-state index in [4.69, 9.17) is 16.3 Å². The van der Waals surface area contributed by atoms with Crippen molar-refractivity contribution in [1.82, 2.24) is 20.1 Å². The zero-order valence-corrected chi connectivity index (χ0v) is 13.0. The van der Waals surface area contributed by atoms with Crippen LogP contribution in [0, 0.1) is 0 Å². The van der Waals surface area contributed by atoms with E-state index in [1.165, 1.54) is 0 Å². The number of benzene rings is 1. The van der Waals surface area contributed by atoms with Crippen LogP contribution in [0.3, 0.4) is 0 Å². The molecule has 1 atom stereocenters. The summed E-state index contributed by atoms with van der Waals surface area (Å²) in [5.74, 6) is 2.06. The molecule has 116 valence electrons. The van der Waals surface area contributed by atoms with E-state index < -0.39 is 0 Å². The molecule has 0 aliphatic carbocycles. The predicted molar refractivity (Wildman–Crippen MR) is 81.8 cm³/mol. The Hall–Kier alpha value is -2.08. The number of nitrogens with one attached hydrogen (secondary N) is 1. The highest BCUT2D eigenvalue weighted by atomic mass is 35.5. The lowest BCUT2D eigenvalue weighted by molar-refractivity contribution is -0.123. The van der Waals surface area contributed by atoms with Gasteiger partial charge in [0.05, 0.1) is 11.1 Å². The lowest BCUT2D eigenvalue weighted by atomic mass is 10.3. The monoisotopic (exact) mass is 320 g/mol. The quantitative estimate of drug-likeness (QED) is 0.916. The van der Waals surface area contributed by atoms with Crippen LogP contribution in [0.15, 0.2) is 24.3 Å². The van der Waals surface area contributed by atoms with Crippen molar-refractivity contribution in [1.29, 1.82) is 0 Å². The maximum absolute atomic E-state index is 12.0. The SMILES string of the molecule is C[C@H](NC(=O)COc1ccccc1Cl)c1nnc2n1CCC2. The van der Waals surface area contributed by atoms with Crippen LogP contribution in [-0.4, -0.2) is 27.3 Å². The van der Waals surface area contributed by atoms with Crippen LogP contribution in [0.2, 0.25) is 5.02 Å². The molecule has 22 heavy (non-hydrogen) atoms. The van der Waals surface area contributed by atoms with Crippen LogP contribution in [0.4, 0.5) is 0 Å². The number of amides is 1. The van der Waals surface area contributed by atoms with Gasteiger partial charge in [0.25, 0.3) is 5.91 Å². The second-order valence-electron chi connectivity index (χ2n) is 5.24. The highest BCUT2D eigenvalue weighted by molar-refractivity contribution is 6.32. The number of aryl methyl sites for hydroxylation is 1. The average molecular weight is 321 g/mol. The molecule has 3 rings (SSSR count). The number of nitrogens with zero attached hydrogens (tertiary/aromatic N) is 3. The largest absolute Gasteiger partial charge is 0.482 e. The molecule has 1 aliphatic heterocycles. The Balaban J connectivity index is 1.56. The van der Waals surface area contributed by atoms with Crippen LogP contribution >= 0.6 is 11.6 Å². The van der Waals surface area contributed by atoms with Crippen LogP contribution in [0.1, 0.15) is 31.0 Å². The number of carbonyl (C=O) groups excluding carboxylic acids is 1. The van der Waals surface area contributed by atoms with E-state index in [-0.39, 0.29) is 18.6 Å². The van der Waals surface area contributed by atoms with Gasteiger partial charge in [0.2, 0.25) is 0 Å². The van der Waals surface area contributed by atoms with E-state index in [1.54, 1.807) is 18.2 Å². The first-order valence-corrected chi connectivity index (χ1v) is 7.61. The van der Waals surface area contributed by atoms with Gasteiger partial charge in [-0.1, -0.05) is 23.7 Å². The minimum absolute atomic E-state index is 0.0882. The van der Waals surface area contributed by atoms with E-state index in [1.807, 2.05) is 13.0 Å². The Kier molecular flexibility index (Phi) is 4.29. The van der Waals surface area contributed by atoms with Gasteiger partial charge in [-0.15, -0.1) is 10.2 Å². The first-order valence-electron chi connectivity index (χ1n) is 7.24. The Bertz CT molecular complexity index is 686. The molecule has 1 amide bonds. The number of ether oxygens (including phenoxy) is 1. The summed E-state index contributed by atoms with van der Waals surface area (Å²) in [6.45, 7) is 2.71. The number of hydrogen-bond donors (Lipinski definition) is 1. The number of fused-ring (bicyclic) bond motifs is 1. The van der Waals surface area contributed by atoms with Gasteiger partial charge in [-0.05, 0) is 25.5 Å². The maximum Gasteiger partial charge on any atom is 0.258 e. The molecule has 1 aromatic heterocycles. The number of aromatic nitrogens is 3. The molecule has 1 aliphatic rings. The molecule has 0 saturated heterocycles. The number of rotatable bonds is 5. The van der Waals surface area contributed by atoms with Crippen molar-refractivity contribution in [2.24, 2.45) is 0 Å². The Morgan fingerprint density at radius 2 is 2.27 bits per heavy atom. The van der Waals surface area contributed by atoms with Crippen molar-refractivity contribution in [2.75, 3.05) is 6.61 Å². The number of para-hydroxylation sites is 1. The summed E-state index contributed by atoms with van der Waals surface area (Å²) in [5, 5.41) is 11.7. The fourth-order valence-corrected chi connectivity index (χ4v) is 2.74. The highest BCUT2D eigenvalue weighted by Crippen LogP contribution is 2.23. The van der Waals surface area contributed by atoms with Crippen molar-refractivity contribution >= 4 is 17.5 Å². The maximum atomic E-state index is 12.0. The van der Waals surface area contributed by atoms with E-state index in [2.05, 4.69) is 20.1 Å². The molecule has 0 saturated carbocycles. The van der Waals surface area contributed by atoms with Gasteiger partial charge in [0.15, 0.2) is 12.4 Å². The van der Waals surface area contributed by atoms with Crippen molar-refractivity contribution in [3.05, 3.63) is 40.9 Å². The van der Waals surface area contributed by atoms with E-state index >= 15 is 0 Å². The molecule has 0 radical (unpaired) electrons. The Morgan fingerprint density at radius 3 is 3.09 bits per heavy atom. The van der Waals surface area contributed by atoms with Gasteiger partial charge in [0.1, 0.15) is 11.6 Å². The minimum atomic E-state index is -0.220. The minimum Gasteiger partial charge on any atom is -0.482 e. The van der Waals surface area contributed by atoms with E-state index in [0.717, 1.165) is 31.0 Å². The summed E-state index contributed by atoms with van der Waals surface area (Å²) in [6.07, 6.45) is 2.03. The normalized spacial score (nSPS) is 14.5. The van der Waals surface area contributed by atoms with Crippen LogP contribution < -0.4 is 10.1 Å². The highest BCUT2D eigenvalue weighted by Gasteiger charge is 2.22. The zero-order valence-electron chi connectivity index (χ0n) is 12.3. The molecular weight excluding hydrogens is 304 g/mol. The summed E-state index contributed by atoms with van der Waals surface area (Å²) < 4.78 is 7.49. The fraction of sp³-hybridized carbons (Fsp3) is 0.400. The summed E-state index contributed by atoms with van der Waals surface area (Å²) in [6, 6.07) is 6.85. The lowest BCUT2D eigenvalue weighted by Gasteiger charge is -2.14. The molecule has 0 bridgehead atoms. The molecule has 0 fully saturated rings. The van der Waals surface area contributed by atoms with Crippen molar-refractivity contribution in [3.8, 4) is 5.75 Å². The molecule has 0 unspecified atom stereocenters. The third-order valence-electron chi connectivity index (χ3n) is 3.60. The van der Waals surface area contributed by atoms with Crippen LogP contribution in [0.25, 0.3) is 0 Å². The second-order valence-corrected chi connectivity index (χ2v) is 5.65. The molecule has 2 aromatic rings. The smallest absolute Gasteiger partial charge is 0.258 e. The average Bonchev–Trinajstić information content (AvgIpc) is 3.09. The molecular formula is C15H17ClN4O2. The first-order chi connectivity index (χ1) is 10.6. The van der Waals surface area contributed by atoms with Gasteiger partial charge >= 0.3 is 0 Å². The molecule has 2 heterocycles. The van der Waals surface area contributed by atoms with Gasteiger partial charge in [-0.2, -0.15) is 0 Å². The summed E-state index contributed by atoms with van der Waals surface area (Å²) in [7, 11) is 0. The third-order valence-corrected chi connectivity index (χ3v) is 3.91. The van der Waals surface area contributed by atoms with E-state index in [0.29, 0.717) is 10.8 Å². The third kappa shape index (κ3) is 3.06. The molecule has 1 N–H and O–H groups in total.